The van der Waals surface area contributed by atoms with Crippen molar-refractivity contribution in [2.24, 2.45) is 5.73 Å². The van der Waals surface area contributed by atoms with Crippen molar-refractivity contribution < 1.29 is 42.8 Å². The quantitative estimate of drug-likeness (QED) is 0.337. The van der Waals surface area contributed by atoms with Crippen LogP contribution in [0.5, 0.6) is 11.5 Å². The van der Waals surface area contributed by atoms with Gasteiger partial charge in [0.1, 0.15) is 0 Å². The first-order valence-corrected chi connectivity index (χ1v) is 13.0. The Kier molecular flexibility index (Phi) is 10.2. The van der Waals surface area contributed by atoms with Gasteiger partial charge in [-0.3, -0.25) is 0 Å². The normalized spacial score (nSPS) is 11.4. The van der Waals surface area contributed by atoms with Crippen molar-refractivity contribution in [3.8, 4) is 33.9 Å². The van der Waals surface area contributed by atoms with Gasteiger partial charge in [-0.05, 0) is 49.7 Å². The second-order valence-electron chi connectivity index (χ2n) is 7.85. The van der Waals surface area contributed by atoms with Gasteiger partial charge in [0.05, 0.1) is 37.0 Å². The van der Waals surface area contributed by atoms with Crippen LogP contribution in [-0.4, -0.2) is 13.2 Å². The minimum absolute atomic E-state index is 0.544. The molecule has 9 heteroatoms. The zero-order valence-corrected chi connectivity index (χ0v) is 21.7. The second-order valence-corrected chi connectivity index (χ2v) is 8.61. The van der Waals surface area contributed by atoms with Gasteiger partial charge >= 0.3 is 11.5 Å². The molecule has 0 amide bonds. The van der Waals surface area contributed by atoms with Gasteiger partial charge in [0.15, 0.2) is 11.5 Å². The standard InChI is InChI=1S/C29H28NO3.ClHO4/c1-3-31-27-16-15-23(18-29(27)32-4-2)26(30)20-25-17-24(21-11-7-5-8-12-21)19-28(33-25)22-13-9-6-10-14-22;2-1(3,4)5/h5-20H,3-4,30H2,1-2H3;(H,2,3,4,5)/q+1;/p-1/b26-20-;. The largest absolute Gasteiger partial charge is 0.490 e. The molecule has 1 aromatic heterocycles. The first-order valence-electron chi connectivity index (χ1n) is 11.8. The van der Waals surface area contributed by atoms with E-state index in [1.54, 1.807) is 0 Å². The summed E-state index contributed by atoms with van der Waals surface area (Å²) in [5.41, 5.74) is 11.1. The molecule has 0 bridgehead atoms. The first-order chi connectivity index (χ1) is 18.2. The molecule has 0 fully saturated rings. The Labute approximate surface area is 223 Å². The first kappa shape index (κ1) is 28.6. The number of benzene rings is 3. The second kappa shape index (κ2) is 13.6. The molecule has 0 aliphatic carbocycles. The molecule has 198 valence electrons. The molecule has 0 radical (unpaired) electrons. The van der Waals surface area contributed by atoms with Crippen LogP contribution in [0.25, 0.3) is 34.2 Å². The van der Waals surface area contributed by atoms with Crippen LogP contribution in [0, 0.1) is 10.2 Å². The summed E-state index contributed by atoms with van der Waals surface area (Å²) in [5.74, 6) is 2.82. The van der Waals surface area contributed by atoms with E-state index in [4.69, 9.17) is 38.3 Å². The Bertz CT molecular complexity index is 1280. The summed E-state index contributed by atoms with van der Waals surface area (Å²) in [6, 6.07) is 30.1. The summed E-state index contributed by atoms with van der Waals surface area (Å²) in [4.78, 5) is 0. The number of rotatable bonds is 8. The Morgan fingerprint density at radius 2 is 1.29 bits per heavy atom. The van der Waals surface area contributed by atoms with Crippen LogP contribution in [0.3, 0.4) is 0 Å². The third-order valence-electron chi connectivity index (χ3n) is 5.15. The highest BCUT2D eigenvalue weighted by Crippen LogP contribution is 2.32. The molecule has 8 nitrogen and oxygen atoms in total. The Morgan fingerprint density at radius 1 is 0.737 bits per heavy atom. The number of hydrogen-bond acceptors (Lipinski definition) is 7. The van der Waals surface area contributed by atoms with E-state index >= 15 is 0 Å². The molecule has 38 heavy (non-hydrogen) atoms. The minimum atomic E-state index is -4.94. The minimum Gasteiger partial charge on any atom is -0.490 e. The van der Waals surface area contributed by atoms with Crippen LogP contribution in [0.4, 0.5) is 0 Å². The molecule has 1 heterocycles. The fourth-order valence-electron chi connectivity index (χ4n) is 3.60. The summed E-state index contributed by atoms with van der Waals surface area (Å²) in [6.45, 7) is 5.00. The Hall–Kier alpha value is -3.92. The van der Waals surface area contributed by atoms with Crippen molar-refractivity contribution >= 4 is 11.8 Å². The summed E-state index contributed by atoms with van der Waals surface area (Å²) < 4.78 is 51.6. The number of ether oxygens (including phenoxy) is 2. The van der Waals surface area contributed by atoms with Gasteiger partial charge in [0.2, 0.25) is 0 Å². The summed E-state index contributed by atoms with van der Waals surface area (Å²) >= 11 is 0. The van der Waals surface area contributed by atoms with Crippen molar-refractivity contribution in [3.05, 3.63) is 102 Å². The average Bonchev–Trinajstić information content (AvgIpc) is 2.90. The van der Waals surface area contributed by atoms with Gasteiger partial charge in [-0.25, -0.2) is 23.1 Å². The van der Waals surface area contributed by atoms with Crippen LogP contribution in [0.1, 0.15) is 25.2 Å². The number of halogens is 1. The van der Waals surface area contributed by atoms with E-state index in [0.29, 0.717) is 36.2 Å². The molecule has 0 aliphatic rings. The maximum absolute atomic E-state index is 8.49. The van der Waals surface area contributed by atoms with Crippen LogP contribution >= 0.6 is 0 Å². The lowest BCUT2D eigenvalue weighted by Gasteiger charge is -2.17. The molecular formula is C29H28ClNO7. The van der Waals surface area contributed by atoms with Crippen LogP contribution in [0.2, 0.25) is 0 Å². The van der Waals surface area contributed by atoms with Gasteiger partial charge < -0.3 is 15.2 Å². The van der Waals surface area contributed by atoms with Crippen molar-refractivity contribution in [1.29, 1.82) is 0 Å². The number of hydrogen-bond donors (Lipinski definition) is 1. The van der Waals surface area contributed by atoms with Crippen molar-refractivity contribution in [2.45, 2.75) is 13.8 Å². The predicted molar refractivity (Wildman–Crippen MR) is 135 cm³/mol. The van der Waals surface area contributed by atoms with E-state index < -0.39 is 10.2 Å². The molecule has 2 N–H and O–H groups in total. The lowest BCUT2D eigenvalue weighted by atomic mass is 10.0. The monoisotopic (exact) mass is 537 g/mol. The highest BCUT2D eigenvalue weighted by atomic mass is 35.7. The molecule has 0 saturated heterocycles. The van der Waals surface area contributed by atoms with Gasteiger partial charge in [-0.1, -0.05) is 48.5 Å². The zero-order valence-electron chi connectivity index (χ0n) is 21.0. The maximum atomic E-state index is 8.49. The van der Waals surface area contributed by atoms with Crippen molar-refractivity contribution in [3.63, 3.8) is 0 Å². The molecule has 0 unspecified atom stereocenters. The highest BCUT2D eigenvalue weighted by Gasteiger charge is 2.18. The third-order valence-corrected chi connectivity index (χ3v) is 5.15. The summed E-state index contributed by atoms with van der Waals surface area (Å²) in [6.07, 6.45) is 1.85. The topological polar surface area (TPSA) is 148 Å². The fraction of sp³-hybridized carbons (Fsp3) is 0.138. The summed E-state index contributed by atoms with van der Waals surface area (Å²) in [5, 5.41) is 0. The van der Waals surface area contributed by atoms with E-state index in [9.17, 15) is 0 Å². The lowest BCUT2D eigenvalue weighted by Crippen LogP contribution is -2.68. The zero-order chi connectivity index (χ0) is 27.5. The van der Waals surface area contributed by atoms with E-state index in [2.05, 4.69) is 18.2 Å². The SMILES string of the molecule is CCOc1ccc(/C(N)=C/c2cc(-c3ccccc3)cc(-c3ccccc3)[o+]2)cc1OCC.[O-][Cl+3]([O-])([O-])[O-]. The molecule has 4 rings (SSSR count). The Balaban J connectivity index is 0.000000732. The maximum Gasteiger partial charge on any atom is 0.361 e. The van der Waals surface area contributed by atoms with Crippen LogP contribution in [0.15, 0.2) is 95.4 Å². The third kappa shape index (κ3) is 8.88. The summed E-state index contributed by atoms with van der Waals surface area (Å²) in [7, 11) is -4.94. The van der Waals surface area contributed by atoms with E-state index in [0.717, 1.165) is 28.0 Å². The molecule has 3 aromatic carbocycles. The molecule has 0 atom stereocenters. The van der Waals surface area contributed by atoms with Gasteiger partial charge in [0, 0.05) is 16.8 Å². The van der Waals surface area contributed by atoms with Crippen molar-refractivity contribution in [1.82, 2.24) is 0 Å². The van der Waals surface area contributed by atoms with E-state index in [1.165, 1.54) is 0 Å². The van der Waals surface area contributed by atoms with Gasteiger partial charge in [-0.2, -0.15) is 0 Å². The smallest absolute Gasteiger partial charge is 0.361 e. The van der Waals surface area contributed by atoms with Gasteiger partial charge in [-0.15, -0.1) is 10.2 Å². The lowest BCUT2D eigenvalue weighted by molar-refractivity contribution is -2.00. The van der Waals surface area contributed by atoms with Crippen molar-refractivity contribution in [2.75, 3.05) is 13.2 Å². The van der Waals surface area contributed by atoms with Crippen LogP contribution in [-0.2, 0) is 0 Å². The van der Waals surface area contributed by atoms with E-state index in [-0.39, 0.29) is 0 Å². The molecule has 0 spiro atoms. The Morgan fingerprint density at radius 3 is 1.87 bits per heavy atom. The average molecular weight is 538 g/mol. The van der Waals surface area contributed by atoms with E-state index in [1.807, 2.05) is 92.7 Å². The van der Waals surface area contributed by atoms with Crippen LogP contribution < -0.4 is 33.8 Å². The molecular weight excluding hydrogens is 510 g/mol. The molecule has 4 aromatic rings. The highest BCUT2D eigenvalue weighted by molar-refractivity contribution is 5.81. The molecule has 0 aliphatic heterocycles. The molecule has 0 saturated carbocycles. The van der Waals surface area contributed by atoms with Gasteiger partial charge in [0.25, 0.3) is 0 Å². The predicted octanol–water partition coefficient (Wildman–Crippen LogP) is 2.39. The fourth-order valence-corrected chi connectivity index (χ4v) is 3.60. The number of nitrogens with two attached hydrogens (primary N) is 1.